The van der Waals surface area contributed by atoms with Gasteiger partial charge in [-0.15, -0.1) is 0 Å². The maximum atomic E-state index is 13.4. The van der Waals surface area contributed by atoms with E-state index in [0.717, 1.165) is 45.2 Å². The summed E-state index contributed by atoms with van der Waals surface area (Å²) < 4.78 is 98.9. The summed E-state index contributed by atoms with van der Waals surface area (Å²) in [5.74, 6) is -3.02. The number of aromatic nitrogens is 5. The van der Waals surface area contributed by atoms with Gasteiger partial charge in [0, 0.05) is 44.0 Å². The lowest BCUT2D eigenvalue weighted by molar-refractivity contribution is -0.192. The topological polar surface area (TPSA) is 130 Å². The second kappa shape index (κ2) is 11.1. The van der Waals surface area contributed by atoms with Crippen molar-refractivity contribution in [3.8, 4) is 0 Å². The molecule has 5 rings (SSSR count). The first-order valence-corrected chi connectivity index (χ1v) is 11.9. The fourth-order valence-electron chi connectivity index (χ4n) is 4.16. The Hall–Kier alpha value is -4.03. The summed E-state index contributed by atoms with van der Waals surface area (Å²) in [6, 6.07) is 1.78. The van der Waals surface area contributed by atoms with Crippen LogP contribution in [0.2, 0.25) is 0 Å². The molecule has 1 saturated heterocycles. The molecule has 0 aromatic carbocycles. The predicted octanol–water partition coefficient (Wildman–Crippen LogP) is 3.29. The third kappa shape index (κ3) is 7.19. The van der Waals surface area contributed by atoms with Crippen LogP contribution in [0, 0.1) is 5.41 Å². The average molecular weight is 598 g/mol. The number of fused-ring (bicyclic) bond motifs is 1. The molecule has 1 aliphatic heterocycles. The van der Waals surface area contributed by atoms with Crippen molar-refractivity contribution in [3.05, 3.63) is 35.9 Å². The number of halogens is 8. The molecule has 1 spiro atoms. The highest BCUT2D eigenvalue weighted by molar-refractivity contribution is 6.08. The summed E-state index contributed by atoms with van der Waals surface area (Å²) in [7, 11) is 0. The van der Waals surface area contributed by atoms with Crippen LogP contribution in [0.25, 0.3) is 5.65 Å². The number of carboxylic acids is 1. The fraction of sp³-hybridized carbons (Fsp3) is 0.500. The maximum Gasteiger partial charge on any atom is 0.490 e. The number of rotatable bonds is 5. The van der Waals surface area contributed by atoms with Crippen molar-refractivity contribution in [3.63, 3.8) is 0 Å². The number of carboxylic acid groups (broad SMARTS) is 1. The quantitative estimate of drug-likeness (QED) is 0.382. The van der Waals surface area contributed by atoms with Crippen LogP contribution in [0.4, 0.5) is 46.6 Å². The zero-order valence-corrected chi connectivity index (χ0v) is 20.8. The number of aliphatic carboxylic acids is 1. The summed E-state index contributed by atoms with van der Waals surface area (Å²) in [6.07, 6.45) is -7.12. The largest absolute Gasteiger partial charge is 0.490 e. The van der Waals surface area contributed by atoms with Gasteiger partial charge in [-0.2, -0.15) is 36.5 Å². The molecule has 2 aliphatic rings. The minimum Gasteiger partial charge on any atom is -0.475 e. The van der Waals surface area contributed by atoms with Gasteiger partial charge in [0.1, 0.15) is 17.9 Å². The van der Waals surface area contributed by atoms with Crippen LogP contribution >= 0.6 is 0 Å². The number of nitrogens with one attached hydrogen (secondary N) is 2. The average Bonchev–Trinajstić information content (AvgIpc) is 3.39. The van der Waals surface area contributed by atoms with Crippen LogP contribution in [-0.2, 0) is 17.5 Å². The Morgan fingerprint density at radius 2 is 1.85 bits per heavy atom. The number of hydrogen-bond acceptors (Lipinski definition) is 7. The van der Waals surface area contributed by atoms with Crippen LogP contribution in [-0.4, -0.2) is 80.1 Å². The SMILES string of the molecule is O=C(Nc1cn(CC(F)F)nc1C(F)(F)F)c1cnn2ccc(N3CCNCC4(CC4)C3)nc12.O=C(O)C(F)(F)F. The molecule has 3 aromatic heterocycles. The van der Waals surface area contributed by atoms with Crippen molar-refractivity contribution in [2.75, 3.05) is 36.4 Å². The molecule has 0 atom stereocenters. The Morgan fingerprint density at radius 1 is 1.17 bits per heavy atom. The van der Waals surface area contributed by atoms with Gasteiger partial charge < -0.3 is 20.6 Å². The van der Waals surface area contributed by atoms with Crippen LogP contribution in [0.15, 0.2) is 24.7 Å². The first-order chi connectivity index (χ1) is 19.1. The van der Waals surface area contributed by atoms with E-state index in [9.17, 15) is 39.9 Å². The van der Waals surface area contributed by atoms with Gasteiger partial charge in [0.2, 0.25) is 0 Å². The molecule has 0 radical (unpaired) electrons. The summed E-state index contributed by atoms with van der Waals surface area (Å²) in [6.45, 7) is 2.22. The molecule has 4 heterocycles. The lowest BCUT2D eigenvalue weighted by Gasteiger charge is -2.24. The molecule has 19 heteroatoms. The molecule has 0 unspecified atom stereocenters. The van der Waals surface area contributed by atoms with E-state index in [1.807, 2.05) is 0 Å². The van der Waals surface area contributed by atoms with Crippen LogP contribution in [0.1, 0.15) is 28.9 Å². The standard InChI is InChI=1S/C20H21F5N8O.C2HF3O2/c21-14(22)9-32-8-13(16(30-32)20(23,24)25)28-18(34)12-7-27-33-5-1-15(29-17(12)33)31-6-4-26-10-19(11-31)2-3-19;3-2(4,5)1(6)7/h1,5,7-8,14,26H,2-4,6,9-11H2,(H,28,34);(H,6,7). The minimum absolute atomic E-state index is 0.0503. The number of carbonyl (C=O) groups is 2. The van der Waals surface area contributed by atoms with Gasteiger partial charge in [0.15, 0.2) is 11.3 Å². The third-order valence-corrected chi connectivity index (χ3v) is 6.31. The number of amides is 1. The molecular formula is C22H22F8N8O3. The zero-order chi connectivity index (χ0) is 30.2. The Balaban J connectivity index is 0.000000493. The van der Waals surface area contributed by atoms with E-state index in [-0.39, 0.29) is 16.6 Å². The van der Waals surface area contributed by atoms with Crippen molar-refractivity contribution in [2.45, 2.75) is 38.2 Å². The van der Waals surface area contributed by atoms with Crippen molar-refractivity contribution in [2.24, 2.45) is 5.41 Å². The summed E-state index contributed by atoms with van der Waals surface area (Å²) >= 11 is 0. The van der Waals surface area contributed by atoms with Gasteiger partial charge in [-0.1, -0.05) is 0 Å². The molecule has 1 saturated carbocycles. The van der Waals surface area contributed by atoms with Crippen LogP contribution in [0.3, 0.4) is 0 Å². The molecule has 1 amide bonds. The highest BCUT2D eigenvalue weighted by atomic mass is 19.4. The van der Waals surface area contributed by atoms with Gasteiger partial charge >= 0.3 is 18.3 Å². The van der Waals surface area contributed by atoms with E-state index in [2.05, 4.69) is 30.7 Å². The smallest absolute Gasteiger partial charge is 0.475 e. The first-order valence-electron chi connectivity index (χ1n) is 11.9. The van der Waals surface area contributed by atoms with Crippen molar-refractivity contribution < 1.29 is 49.8 Å². The minimum atomic E-state index is -5.08. The fourth-order valence-corrected chi connectivity index (χ4v) is 4.16. The van der Waals surface area contributed by atoms with E-state index >= 15 is 0 Å². The molecule has 224 valence electrons. The van der Waals surface area contributed by atoms with Crippen LogP contribution in [0.5, 0.6) is 0 Å². The molecule has 3 aromatic rings. The van der Waals surface area contributed by atoms with Gasteiger partial charge in [-0.25, -0.2) is 23.1 Å². The predicted molar refractivity (Wildman–Crippen MR) is 125 cm³/mol. The number of alkyl halides is 8. The summed E-state index contributed by atoms with van der Waals surface area (Å²) in [4.78, 5) is 28.5. The first kappa shape index (κ1) is 29.9. The highest BCUT2D eigenvalue weighted by Crippen LogP contribution is 2.46. The molecule has 11 nitrogen and oxygen atoms in total. The number of hydrogen-bond donors (Lipinski definition) is 3. The highest BCUT2D eigenvalue weighted by Gasteiger charge is 2.45. The second-order valence-corrected chi connectivity index (χ2v) is 9.47. The van der Waals surface area contributed by atoms with Gasteiger partial charge in [-0.3, -0.25) is 9.48 Å². The maximum absolute atomic E-state index is 13.4. The van der Waals surface area contributed by atoms with Crippen LogP contribution < -0.4 is 15.5 Å². The van der Waals surface area contributed by atoms with E-state index in [1.54, 1.807) is 12.3 Å². The Labute approximate surface area is 225 Å². The van der Waals surface area contributed by atoms with Gasteiger partial charge in [0.05, 0.1) is 11.9 Å². The summed E-state index contributed by atoms with van der Waals surface area (Å²) in [5, 5.41) is 19.9. The van der Waals surface area contributed by atoms with Crippen molar-refractivity contribution >= 4 is 29.0 Å². The Bertz CT molecular complexity index is 1410. The van der Waals surface area contributed by atoms with Gasteiger partial charge in [-0.05, 0) is 18.9 Å². The van der Waals surface area contributed by atoms with E-state index in [4.69, 9.17) is 9.90 Å². The molecule has 3 N–H and O–H groups in total. The zero-order valence-electron chi connectivity index (χ0n) is 20.8. The molecule has 41 heavy (non-hydrogen) atoms. The Morgan fingerprint density at radius 3 is 2.44 bits per heavy atom. The van der Waals surface area contributed by atoms with Crippen molar-refractivity contribution in [1.82, 2.24) is 29.7 Å². The second-order valence-electron chi connectivity index (χ2n) is 9.47. The van der Waals surface area contributed by atoms with E-state index in [1.165, 1.54) is 10.7 Å². The molecule has 0 bridgehead atoms. The summed E-state index contributed by atoms with van der Waals surface area (Å²) in [5.41, 5.74) is -1.84. The third-order valence-electron chi connectivity index (χ3n) is 6.31. The Kier molecular flexibility index (Phi) is 8.10. The molecule has 2 fully saturated rings. The normalized spacial score (nSPS) is 16.9. The van der Waals surface area contributed by atoms with Crippen molar-refractivity contribution in [1.29, 1.82) is 0 Å². The molecule has 1 aliphatic carbocycles. The number of carbonyl (C=O) groups excluding carboxylic acids is 1. The van der Waals surface area contributed by atoms with E-state index < -0.39 is 48.6 Å². The van der Waals surface area contributed by atoms with E-state index in [0.29, 0.717) is 10.5 Å². The molecular weight excluding hydrogens is 576 g/mol. The lowest BCUT2D eigenvalue weighted by atomic mass is 10.1. The van der Waals surface area contributed by atoms with Gasteiger partial charge in [0.25, 0.3) is 12.3 Å². The lowest BCUT2D eigenvalue weighted by Crippen LogP contribution is -2.31. The number of nitrogens with zero attached hydrogens (tertiary/aromatic N) is 6. The number of anilines is 2. The monoisotopic (exact) mass is 598 g/mol.